The standard InChI is InChI=1S/C13H13ClFN3O/c14-10-9-7(1-2-16-10)3-8(17-9)11(19)18-13-4-12(15,5-13)6-13/h1-3,11,17-19H,4-6H2. The molecule has 0 spiro atoms. The van der Waals surface area contributed by atoms with Crippen molar-refractivity contribution >= 4 is 22.5 Å². The summed E-state index contributed by atoms with van der Waals surface area (Å²) >= 11 is 5.98. The molecule has 2 aromatic heterocycles. The monoisotopic (exact) mass is 281 g/mol. The highest BCUT2D eigenvalue weighted by atomic mass is 35.5. The largest absolute Gasteiger partial charge is 0.373 e. The van der Waals surface area contributed by atoms with Crippen molar-refractivity contribution in [2.45, 2.75) is 36.7 Å². The van der Waals surface area contributed by atoms with E-state index in [0.717, 1.165) is 5.39 Å². The lowest BCUT2D eigenvalue weighted by Crippen LogP contribution is -2.76. The summed E-state index contributed by atoms with van der Waals surface area (Å²) in [5.74, 6) is 0. The maximum absolute atomic E-state index is 13.4. The summed E-state index contributed by atoms with van der Waals surface area (Å²) in [4.78, 5) is 7.04. The number of fused-ring (bicyclic) bond motifs is 1. The average molecular weight is 282 g/mol. The van der Waals surface area contributed by atoms with Crippen LogP contribution in [0.1, 0.15) is 31.2 Å². The van der Waals surface area contributed by atoms with Crippen LogP contribution in [-0.2, 0) is 0 Å². The van der Waals surface area contributed by atoms with E-state index in [1.54, 1.807) is 6.20 Å². The Morgan fingerprint density at radius 3 is 2.84 bits per heavy atom. The van der Waals surface area contributed by atoms with Gasteiger partial charge in [0.15, 0.2) is 5.15 Å². The molecule has 0 saturated heterocycles. The molecule has 0 aromatic carbocycles. The molecular formula is C13H13ClFN3O. The maximum Gasteiger partial charge on any atom is 0.153 e. The van der Waals surface area contributed by atoms with Crippen LogP contribution in [0.4, 0.5) is 4.39 Å². The number of halogens is 2. The van der Waals surface area contributed by atoms with Crippen LogP contribution in [0.15, 0.2) is 18.3 Å². The van der Waals surface area contributed by atoms with Crippen molar-refractivity contribution in [2.24, 2.45) is 0 Å². The molecule has 0 amide bonds. The molecule has 2 aromatic rings. The molecule has 6 heteroatoms. The second-order valence-corrected chi connectivity index (χ2v) is 6.16. The Morgan fingerprint density at radius 1 is 1.47 bits per heavy atom. The number of pyridine rings is 1. The molecule has 1 atom stereocenters. The second kappa shape index (κ2) is 3.48. The number of hydrogen-bond acceptors (Lipinski definition) is 3. The average Bonchev–Trinajstić information content (AvgIpc) is 2.71. The van der Waals surface area contributed by atoms with Crippen molar-refractivity contribution in [3.8, 4) is 0 Å². The Labute approximate surface area is 114 Å². The van der Waals surface area contributed by atoms with Gasteiger partial charge >= 0.3 is 0 Å². The van der Waals surface area contributed by atoms with E-state index < -0.39 is 11.9 Å². The Morgan fingerprint density at radius 2 is 2.21 bits per heavy atom. The molecule has 3 fully saturated rings. The van der Waals surface area contributed by atoms with Crippen molar-refractivity contribution in [3.63, 3.8) is 0 Å². The minimum absolute atomic E-state index is 0.215. The van der Waals surface area contributed by atoms with Crippen molar-refractivity contribution in [1.29, 1.82) is 0 Å². The molecular weight excluding hydrogens is 269 g/mol. The third-order valence-corrected chi connectivity index (χ3v) is 4.51. The van der Waals surface area contributed by atoms with Crippen molar-refractivity contribution in [1.82, 2.24) is 15.3 Å². The van der Waals surface area contributed by atoms with Gasteiger partial charge in [-0.15, -0.1) is 0 Å². The van der Waals surface area contributed by atoms with Crippen LogP contribution < -0.4 is 5.32 Å². The molecule has 4 nitrogen and oxygen atoms in total. The van der Waals surface area contributed by atoms with Gasteiger partial charge in [0.05, 0.1) is 11.2 Å². The number of H-pyrrole nitrogens is 1. The number of aliphatic hydroxyl groups is 1. The smallest absolute Gasteiger partial charge is 0.153 e. The SMILES string of the molecule is OC(NC12CC(F)(C1)C2)c1cc2ccnc(Cl)c2[nH]1. The van der Waals surface area contributed by atoms with Gasteiger partial charge < -0.3 is 10.1 Å². The molecule has 1 unspecified atom stereocenters. The number of aromatic nitrogens is 2. The van der Waals surface area contributed by atoms with Gasteiger partial charge in [0.25, 0.3) is 0 Å². The molecule has 19 heavy (non-hydrogen) atoms. The van der Waals surface area contributed by atoms with E-state index in [0.29, 0.717) is 35.6 Å². The van der Waals surface area contributed by atoms with Gasteiger partial charge in [0.1, 0.15) is 11.9 Å². The van der Waals surface area contributed by atoms with E-state index in [-0.39, 0.29) is 5.54 Å². The number of nitrogens with one attached hydrogen (secondary N) is 2. The second-order valence-electron chi connectivity index (χ2n) is 5.80. The lowest BCUT2D eigenvalue weighted by Gasteiger charge is -2.66. The minimum atomic E-state index is -0.972. The maximum atomic E-state index is 13.4. The lowest BCUT2D eigenvalue weighted by atomic mass is 9.47. The van der Waals surface area contributed by atoms with Gasteiger partial charge in [-0.3, -0.25) is 5.32 Å². The topological polar surface area (TPSA) is 60.9 Å². The predicted molar refractivity (Wildman–Crippen MR) is 69.6 cm³/mol. The zero-order valence-corrected chi connectivity index (χ0v) is 10.8. The summed E-state index contributed by atoms with van der Waals surface area (Å²) in [6, 6.07) is 3.66. The van der Waals surface area contributed by atoms with E-state index in [2.05, 4.69) is 15.3 Å². The van der Waals surface area contributed by atoms with Crippen LogP contribution in [0.2, 0.25) is 5.15 Å². The molecule has 2 heterocycles. The third-order valence-electron chi connectivity index (χ3n) is 4.22. The molecule has 3 aliphatic carbocycles. The first-order valence-corrected chi connectivity index (χ1v) is 6.64. The number of rotatable bonds is 3. The summed E-state index contributed by atoms with van der Waals surface area (Å²) < 4.78 is 13.4. The quantitative estimate of drug-likeness (QED) is 0.598. The van der Waals surface area contributed by atoms with Gasteiger partial charge in [-0.2, -0.15) is 0 Å². The molecule has 3 aliphatic rings. The first-order chi connectivity index (χ1) is 8.99. The van der Waals surface area contributed by atoms with Gasteiger partial charge in [-0.1, -0.05) is 11.6 Å². The molecule has 5 rings (SSSR count). The third kappa shape index (κ3) is 1.62. The summed E-state index contributed by atoms with van der Waals surface area (Å²) in [5.41, 5.74) is 0.149. The predicted octanol–water partition coefficient (Wildman–Crippen LogP) is 2.44. The Hall–Kier alpha value is -1.17. The number of aromatic amines is 1. The molecule has 3 saturated carbocycles. The highest BCUT2D eigenvalue weighted by Gasteiger charge is 2.69. The van der Waals surface area contributed by atoms with Crippen LogP contribution in [0.25, 0.3) is 10.9 Å². The van der Waals surface area contributed by atoms with Crippen LogP contribution >= 0.6 is 11.6 Å². The van der Waals surface area contributed by atoms with Gasteiger partial charge in [0.2, 0.25) is 0 Å². The Kier molecular flexibility index (Phi) is 2.13. The molecule has 2 bridgehead atoms. The molecule has 3 N–H and O–H groups in total. The fourth-order valence-corrected chi connectivity index (χ4v) is 3.59. The van der Waals surface area contributed by atoms with Gasteiger partial charge in [0, 0.05) is 36.4 Å². The summed E-state index contributed by atoms with van der Waals surface area (Å²) in [5, 5.41) is 14.6. The highest BCUT2D eigenvalue weighted by Crippen LogP contribution is 2.63. The summed E-state index contributed by atoms with van der Waals surface area (Å²) in [6.07, 6.45) is 2.28. The number of alkyl halides is 1. The first-order valence-electron chi connectivity index (χ1n) is 6.27. The van der Waals surface area contributed by atoms with Crippen LogP contribution in [0.3, 0.4) is 0 Å². The van der Waals surface area contributed by atoms with Crippen LogP contribution in [0.5, 0.6) is 0 Å². The normalized spacial score (nSPS) is 33.8. The first kappa shape index (κ1) is 11.6. The van der Waals surface area contributed by atoms with Gasteiger partial charge in [-0.25, -0.2) is 9.37 Å². The highest BCUT2D eigenvalue weighted by molar-refractivity contribution is 6.33. The lowest BCUT2D eigenvalue weighted by molar-refractivity contribution is -0.185. The van der Waals surface area contributed by atoms with E-state index in [1.165, 1.54) is 0 Å². The molecule has 0 radical (unpaired) electrons. The van der Waals surface area contributed by atoms with Crippen molar-refractivity contribution < 1.29 is 9.50 Å². The number of aliphatic hydroxyl groups excluding tert-OH is 1. The molecule has 100 valence electrons. The summed E-state index contributed by atoms with van der Waals surface area (Å²) in [6.45, 7) is 0. The zero-order valence-electron chi connectivity index (χ0n) is 10.1. The zero-order chi connectivity index (χ0) is 13.3. The fraction of sp³-hybridized carbons (Fsp3) is 0.462. The fourth-order valence-electron chi connectivity index (χ4n) is 3.37. The number of nitrogens with zero attached hydrogens (tertiary/aromatic N) is 1. The van der Waals surface area contributed by atoms with E-state index >= 15 is 0 Å². The molecule has 0 aliphatic heterocycles. The Bertz CT molecular complexity index is 651. The minimum Gasteiger partial charge on any atom is -0.373 e. The van der Waals surface area contributed by atoms with Crippen LogP contribution in [-0.4, -0.2) is 26.3 Å². The van der Waals surface area contributed by atoms with Gasteiger partial charge in [-0.05, 0) is 12.1 Å². The van der Waals surface area contributed by atoms with Crippen LogP contribution in [0, 0.1) is 0 Å². The summed E-state index contributed by atoms with van der Waals surface area (Å²) in [7, 11) is 0. The van der Waals surface area contributed by atoms with E-state index in [1.807, 2.05) is 12.1 Å². The van der Waals surface area contributed by atoms with Crippen molar-refractivity contribution in [3.05, 3.63) is 29.2 Å². The van der Waals surface area contributed by atoms with Crippen molar-refractivity contribution in [2.75, 3.05) is 0 Å². The van der Waals surface area contributed by atoms with E-state index in [4.69, 9.17) is 11.6 Å². The van der Waals surface area contributed by atoms with E-state index in [9.17, 15) is 9.50 Å². The Balaban J connectivity index is 1.58. The number of hydrogen-bond donors (Lipinski definition) is 3.